The Morgan fingerprint density at radius 2 is 1.11 bits per heavy atom. The van der Waals surface area contributed by atoms with Crippen molar-refractivity contribution in [2.75, 3.05) is 9.80 Å². The predicted octanol–water partition coefficient (Wildman–Crippen LogP) is 18.3. The molecule has 76 heavy (non-hydrogen) atoms. The summed E-state index contributed by atoms with van der Waals surface area (Å²) in [7, 11) is 0. The van der Waals surface area contributed by atoms with Gasteiger partial charge in [0.15, 0.2) is 0 Å². The van der Waals surface area contributed by atoms with E-state index < -0.39 is 6.85 Å². The second kappa shape index (κ2) is 18.9. The van der Waals surface area contributed by atoms with Crippen LogP contribution in [0.3, 0.4) is 0 Å². The minimum Gasteiger partial charge on any atom is -0.509 e. The second-order valence-electron chi connectivity index (χ2n) is 21.6. The van der Waals surface area contributed by atoms with Gasteiger partial charge in [-0.05, 0) is 129 Å². The molecule has 0 radical (unpaired) electrons. The van der Waals surface area contributed by atoms with Crippen LogP contribution < -0.4 is 14.5 Å². The first-order chi connectivity index (χ1) is 37.5. The van der Waals surface area contributed by atoms with E-state index in [-0.39, 0.29) is 37.5 Å². The summed E-state index contributed by atoms with van der Waals surface area (Å²) in [4.78, 5) is 9.49. The summed E-state index contributed by atoms with van der Waals surface area (Å²) < 4.78 is 37.7. The number of hydrogen-bond acceptors (Lipinski definition) is 4. The third-order valence-corrected chi connectivity index (χ3v) is 14.7. The van der Waals surface area contributed by atoms with Crippen LogP contribution in [-0.2, 0) is 31.9 Å². The number of aryl methyl sites for hydroxylation is 1. The molecule has 1 aliphatic heterocycles. The van der Waals surface area contributed by atoms with Crippen LogP contribution in [0.15, 0.2) is 206 Å². The van der Waals surface area contributed by atoms with Crippen molar-refractivity contribution in [1.82, 2.24) is 14.1 Å². The van der Waals surface area contributed by atoms with Gasteiger partial charge < -0.3 is 23.7 Å². The van der Waals surface area contributed by atoms with E-state index in [1.807, 2.05) is 71.3 Å². The average Bonchev–Trinajstić information content (AvgIpc) is 4.30. The van der Waals surface area contributed by atoms with Crippen LogP contribution in [0.25, 0.3) is 77.4 Å². The molecular weight excluding hydrogens is 1110 g/mol. The van der Waals surface area contributed by atoms with Crippen molar-refractivity contribution in [3.63, 3.8) is 0 Å². The van der Waals surface area contributed by atoms with Crippen molar-refractivity contribution in [3.8, 4) is 45.3 Å². The largest absolute Gasteiger partial charge is 0.509 e. The van der Waals surface area contributed by atoms with Crippen LogP contribution in [0.5, 0.6) is 11.5 Å². The zero-order chi connectivity index (χ0) is 53.7. The van der Waals surface area contributed by atoms with E-state index in [1.165, 1.54) is 11.1 Å². The van der Waals surface area contributed by atoms with E-state index in [1.54, 1.807) is 12.3 Å². The van der Waals surface area contributed by atoms with E-state index in [0.717, 1.165) is 83.2 Å². The molecule has 376 valence electrons. The average molecular weight is 1170 g/mol. The summed E-state index contributed by atoms with van der Waals surface area (Å²) in [5.74, 6) is 1.46. The van der Waals surface area contributed by atoms with Crippen LogP contribution in [0.1, 0.15) is 62.3 Å². The molecule has 1 aliphatic rings. The van der Waals surface area contributed by atoms with Crippen LogP contribution in [0.2, 0.25) is 0 Å². The third-order valence-electron chi connectivity index (χ3n) is 14.7. The monoisotopic (exact) mass is 1170 g/mol. The molecule has 0 bridgehead atoms. The zero-order valence-electron chi connectivity index (χ0n) is 46.2. The molecular formula is C69H56N5OPt-3. The van der Waals surface area contributed by atoms with Gasteiger partial charge >= 0.3 is 0 Å². The third kappa shape index (κ3) is 8.55. The van der Waals surface area contributed by atoms with E-state index in [9.17, 15) is 0 Å². The summed E-state index contributed by atoms with van der Waals surface area (Å²) in [6.07, 6.45) is 1.70. The first-order valence-corrected chi connectivity index (χ1v) is 25.6. The van der Waals surface area contributed by atoms with Gasteiger partial charge in [0.25, 0.3) is 0 Å². The summed E-state index contributed by atoms with van der Waals surface area (Å²) in [6, 6.07) is 75.8. The molecule has 9 aromatic carbocycles. The van der Waals surface area contributed by atoms with Gasteiger partial charge in [-0.2, -0.15) is 12.1 Å². The number of anilines is 4. The Kier molecular flexibility index (Phi) is 11.2. The fourth-order valence-electron chi connectivity index (χ4n) is 10.7. The molecule has 0 fully saturated rings. The second-order valence-corrected chi connectivity index (χ2v) is 21.6. The Morgan fingerprint density at radius 1 is 0.487 bits per heavy atom. The SMILES string of the molecule is [2H]C([2H])([2H])c1cc(-n2c3[c-]c(Oc4[c-]c(N5[CH-]N(c6cc(C(C)(C)C)cc(C(C)(C)C)c6)c6ccccc65)ccc4)ccc3c3ccccc32)ncc1-c1cccc(-c2ccc3c(c2)c2ccccc2n3-c2ccccc2)c1.[Pt]. The van der Waals surface area contributed by atoms with Gasteiger partial charge in [0.1, 0.15) is 5.82 Å². The van der Waals surface area contributed by atoms with Gasteiger partial charge in [-0.1, -0.05) is 144 Å². The Morgan fingerprint density at radius 3 is 1.84 bits per heavy atom. The maximum atomic E-state index is 8.92. The Balaban J connectivity index is 0.00000623. The van der Waals surface area contributed by atoms with Gasteiger partial charge in [-0.25, -0.2) is 4.98 Å². The van der Waals surface area contributed by atoms with Gasteiger partial charge in [-0.15, -0.1) is 48.1 Å². The molecule has 6 nitrogen and oxygen atoms in total. The number of aromatic nitrogens is 3. The van der Waals surface area contributed by atoms with Crippen molar-refractivity contribution in [2.24, 2.45) is 0 Å². The number of benzene rings is 9. The van der Waals surface area contributed by atoms with Crippen molar-refractivity contribution < 1.29 is 29.9 Å². The fraction of sp³-hybridized carbons (Fsp3) is 0.130. The molecule has 0 saturated carbocycles. The molecule has 13 rings (SSSR count). The molecule has 3 aromatic heterocycles. The first kappa shape index (κ1) is 45.2. The first-order valence-electron chi connectivity index (χ1n) is 27.1. The predicted molar refractivity (Wildman–Crippen MR) is 312 cm³/mol. The number of pyridine rings is 1. The van der Waals surface area contributed by atoms with Gasteiger partial charge in [0.05, 0.1) is 11.0 Å². The van der Waals surface area contributed by atoms with E-state index in [4.69, 9.17) is 13.8 Å². The maximum Gasteiger partial charge on any atom is 0.135 e. The normalized spacial score (nSPS) is 13.5. The summed E-state index contributed by atoms with van der Waals surface area (Å²) in [6.45, 7) is 13.3. The molecule has 12 aromatic rings. The summed E-state index contributed by atoms with van der Waals surface area (Å²) >= 11 is 0. The molecule has 0 saturated heterocycles. The molecule has 0 atom stereocenters. The van der Waals surface area contributed by atoms with Gasteiger partial charge in [-0.3, -0.25) is 0 Å². The van der Waals surface area contributed by atoms with Gasteiger partial charge in [0.2, 0.25) is 0 Å². The Hall–Kier alpha value is -8.18. The van der Waals surface area contributed by atoms with E-state index in [0.29, 0.717) is 28.4 Å². The van der Waals surface area contributed by atoms with Gasteiger partial charge in [0, 0.05) is 87.5 Å². The molecule has 7 heteroatoms. The fourth-order valence-corrected chi connectivity index (χ4v) is 10.7. The van der Waals surface area contributed by atoms with Crippen molar-refractivity contribution >= 4 is 66.4 Å². The summed E-state index contributed by atoms with van der Waals surface area (Å²) in [5, 5.41) is 4.22. The zero-order valence-corrected chi connectivity index (χ0v) is 45.4. The van der Waals surface area contributed by atoms with Crippen LogP contribution in [0.4, 0.5) is 22.7 Å². The number of rotatable bonds is 8. The topological polar surface area (TPSA) is 38.5 Å². The minimum absolute atomic E-state index is 0. The Labute approximate surface area is 463 Å². The van der Waals surface area contributed by atoms with Crippen LogP contribution in [0, 0.1) is 25.7 Å². The number of fused-ring (bicyclic) bond motifs is 7. The van der Waals surface area contributed by atoms with Crippen molar-refractivity contribution in [3.05, 3.63) is 242 Å². The molecule has 0 N–H and O–H groups in total. The number of para-hydroxylation sites is 5. The Bertz CT molecular complexity index is 4280. The van der Waals surface area contributed by atoms with Crippen molar-refractivity contribution in [1.29, 1.82) is 0 Å². The van der Waals surface area contributed by atoms with E-state index in [2.05, 4.69) is 202 Å². The number of ether oxygens (including phenoxy) is 1. The van der Waals surface area contributed by atoms with E-state index >= 15 is 0 Å². The van der Waals surface area contributed by atoms with Crippen molar-refractivity contribution in [2.45, 2.75) is 59.2 Å². The quantitative estimate of drug-likeness (QED) is 0.142. The molecule has 0 unspecified atom stereocenters. The molecule has 4 heterocycles. The van der Waals surface area contributed by atoms with Crippen LogP contribution in [-0.4, -0.2) is 14.1 Å². The minimum atomic E-state index is -2.46. The number of hydrogen-bond donors (Lipinski definition) is 0. The standard InChI is InChI=1S/C69H56N5O.Pt/c1-45-35-67(70-43-60(45)48-20-17-19-46(36-48)47-31-34-63-59(37-47)57-26-12-13-27-61(57)73(63)51-21-9-8-10-22-51)74-62-28-14-11-25-56(62)58-33-32-55(42-66(58)74)75-54-24-18-23-52(41-54)71-44-72(65-30-16-15-29-64(65)71)53-39-49(68(2,3)4)38-50(40-53)69(5,6)7;/h8-40,43-44H,1-7H3;/q-3;/i1D3;. The number of nitrogens with zero attached hydrogens (tertiary/aromatic N) is 5. The smallest absolute Gasteiger partial charge is 0.135 e. The molecule has 0 amide bonds. The van der Waals surface area contributed by atoms with Crippen LogP contribution >= 0.6 is 0 Å². The maximum absolute atomic E-state index is 8.92. The molecule has 0 spiro atoms. The molecule has 0 aliphatic carbocycles. The summed E-state index contributed by atoms with van der Waals surface area (Å²) in [5.41, 5.74) is 15.0.